The summed E-state index contributed by atoms with van der Waals surface area (Å²) in [5, 5.41) is 0.753. The van der Waals surface area contributed by atoms with Gasteiger partial charge in [-0.05, 0) is 33.0 Å². The molecule has 2 aromatic rings. The summed E-state index contributed by atoms with van der Waals surface area (Å²) in [6, 6.07) is 5.70. The number of ketones is 1. The van der Waals surface area contributed by atoms with Crippen LogP contribution in [0.15, 0.2) is 24.4 Å². The Labute approximate surface area is 117 Å². The van der Waals surface area contributed by atoms with Crippen molar-refractivity contribution in [3.63, 3.8) is 0 Å². The fourth-order valence-electron chi connectivity index (χ4n) is 1.73. The topological polar surface area (TPSA) is 97.2 Å². The molecule has 20 heavy (non-hydrogen) atoms. The van der Waals surface area contributed by atoms with Gasteiger partial charge in [0.1, 0.15) is 0 Å². The maximum absolute atomic E-state index is 11.8. The molecular formula is C14H19N3O3. The third kappa shape index (κ3) is 3.66. The number of aromatic nitrogens is 1. The maximum Gasteiger partial charge on any atom is 0.379 e. The predicted molar refractivity (Wildman–Crippen MR) is 77.2 cm³/mol. The van der Waals surface area contributed by atoms with Gasteiger partial charge in [0.25, 0.3) is 5.78 Å². The molecule has 0 saturated carbocycles. The lowest BCUT2D eigenvalue weighted by Crippen LogP contribution is -2.17. The first-order valence-electron chi connectivity index (χ1n) is 6.21. The van der Waals surface area contributed by atoms with Crippen LogP contribution < -0.4 is 11.3 Å². The Balaban J connectivity index is 0.000000612. The molecule has 1 heterocycles. The average Bonchev–Trinajstić information content (AvgIpc) is 2.82. The number of fused-ring (bicyclic) bond motifs is 1. The molecule has 6 nitrogen and oxygen atoms in total. The molecule has 0 aliphatic heterocycles. The molecule has 0 radical (unpaired) electrons. The zero-order chi connectivity index (χ0) is 15.1. The summed E-state index contributed by atoms with van der Waals surface area (Å²) in [4.78, 5) is 26.2. The van der Waals surface area contributed by atoms with Crippen molar-refractivity contribution in [3.8, 4) is 0 Å². The van der Waals surface area contributed by atoms with Gasteiger partial charge in [-0.3, -0.25) is 16.1 Å². The number of Topliss-reactive ketones (excluding diaryl/α,β-unsaturated/α-hetero) is 1. The summed E-state index contributed by atoms with van der Waals surface area (Å²) in [5.74, 6) is 3.18. The monoisotopic (exact) mass is 277 g/mol. The molecule has 2 rings (SSSR count). The first-order chi connectivity index (χ1) is 9.54. The number of esters is 1. The number of carbonyl (C=O) groups excluding carboxylic acids is 2. The van der Waals surface area contributed by atoms with Gasteiger partial charge in [-0.1, -0.05) is 11.6 Å². The Kier molecular flexibility index (Phi) is 5.89. The van der Waals surface area contributed by atoms with E-state index < -0.39 is 11.8 Å². The van der Waals surface area contributed by atoms with E-state index in [1.54, 1.807) is 20.2 Å². The van der Waals surface area contributed by atoms with Crippen LogP contribution >= 0.6 is 0 Å². The quantitative estimate of drug-likeness (QED) is 0.258. The van der Waals surface area contributed by atoms with E-state index in [0.717, 1.165) is 16.5 Å². The van der Waals surface area contributed by atoms with Crippen molar-refractivity contribution in [1.82, 2.24) is 10.4 Å². The van der Waals surface area contributed by atoms with E-state index in [1.165, 1.54) is 0 Å². The minimum Gasteiger partial charge on any atom is -0.460 e. The van der Waals surface area contributed by atoms with Gasteiger partial charge < -0.3 is 9.72 Å². The highest BCUT2D eigenvalue weighted by Gasteiger charge is 2.20. The Morgan fingerprint density at radius 3 is 2.65 bits per heavy atom. The number of carbonyl (C=O) groups is 2. The van der Waals surface area contributed by atoms with Gasteiger partial charge in [0, 0.05) is 17.1 Å². The molecular weight excluding hydrogens is 258 g/mol. The van der Waals surface area contributed by atoms with Gasteiger partial charge in [-0.15, -0.1) is 0 Å². The van der Waals surface area contributed by atoms with Gasteiger partial charge >= 0.3 is 5.97 Å². The zero-order valence-corrected chi connectivity index (χ0v) is 11.8. The fraction of sp³-hybridized carbons (Fsp3) is 0.286. The third-order valence-corrected chi connectivity index (χ3v) is 2.54. The average molecular weight is 277 g/mol. The molecule has 0 aliphatic rings. The van der Waals surface area contributed by atoms with Crippen molar-refractivity contribution in [3.05, 3.63) is 35.5 Å². The van der Waals surface area contributed by atoms with Crippen molar-refractivity contribution in [2.45, 2.75) is 13.8 Å². The number of hydrazine groups is 1. The number of nitrogens with two attached hydrogens (primary N) is 1. The molecule has 1 aromatic carbocycles. The van der Waals surface area contributed by atoms with Gasteiger partial charge in [-0.2, -0.15) is 0 Å². The summed E-state index contributed by atoms with van der Waals surface area (Å²) >= 11 is 0. The van der Waals surface area contributed by atoms with Crippen LogP contribution in [0, 0.1) is 6.92 Å². The molecule has 6 heteroatoms. The van der Waals surface area contributed by atoms with E-state index in [4.69, 9.17) is 4.74 Å². The van der Waals surface area contributed by atoms with Gasteiger partial charge in [0.15, 0.2) is 0 Å². The van der Waals surface area contributed by atoms with Gasteiger partial charge in [0.2, 0.25) is 0 Å². The van der Waals surface area contributed by atoms with Crippen LogP contribution in [0.2, 0.25) is 0 Å². The largest absolute Gasteiger partial charge is 0.460 e. The second-order valence-corrected chi connectivity index (χ2v) is 4.09. The lowest BCUT2D eigenvalue weighted by atomic mass is 10.1. The van der Waals surface area contributed by atoms with Crippen LogP contribution in [-0.2, 0) is 9.53 Å². The Bertz CT molecular complexity index is 605. The van der Waals surface area contributed by atoms with E-state index >= 15 is 0 Å². The number of hydrogen-bond acceptors (Lipinski definition) is 5. The first-order valence-corrected chi connectivity index (χ1v) is 6.21. The molecule has 0 spiro atoms. The Morgan fingerprint density at radius 2 is 2.05 bits per heavy atom. The molecule has 4 N–H and O–H groups in total. The Hall–Kier alpha value is -2.18. The molecule has 0 amide bonds. The molecule has 0 unspecified atom stereocenters. The number of ether oxygens (including phenoxy) is 1. The summed E-state index contributed by atoms with van der Waals surface area (Å²) in [6.45, 7) is 3.81. The lowest BCUT2D eigenvalue weighted by molar-refractivity contribution is -0.137. The SMILES string of the molecule is CCOC(=O)C(=O)c1c[nH]c2ccc(C)cc12.CNN. The maximum atomic E-state index is 11.8. The highest BCUT2D eigenvalue weighted by molar-refractivity contribution is 6.42. The Morgan fingerprint density at radius 1 is 1.40 bits per heavy atom. The molecule has 0 saturated heterocycles. The van der Waals surface area contributed by atoms with Gasteiger partial charge in [-0.25, -0.2) is 4.79 Å². The van der Waals surface area contributed by atoms with Crippen LogP contribution in [0.25, 0.3) is 10.9 Å². The van der Waals surface area contributed by atoms with E-state index in [0.29, 0.717) is 5.56 Å². The number of benzene rings is 1. The van der Waals surface area contributed by atoms with Crippen LogP contribution in [0.1, 0.15) is 22.8 Å². The van der Waals surface area contributed by atoms with Crippen molar-refractivity contribution in [1.29, 1.82) is 0 Å². The summed E-state index contributed by atoms with van der Waals surface area (Å²) < 4.78 is 4.70. The summed E-state index contributed by atoms with van der Waals surface area (Å²) in [6.07, 6.45) is 1.54. The molecule has 108 valence electrons. The second-order valence-electron chi connectivity index (χ2n) is 4.09. The summed E-state index contributed by atoms with van der Waals surface area (Å²) in [7, 11) is 1.65. The molecule has 0 bridgehead atoms. The van der Waals surface area contributed by atoms with Crippen molar-refractivity contribution in [2.24, 2.45) is 5.84 Å². The van der Waals surface area contributed by atoms with Crippen molar-refractivity contribution >= 4 is 22.7 Å². The normalized spacial score (nSPS) is 9.80. The standard InChI is InChI=1S/C13H13NO3.CH6N2/c1-3-17-13(16)12(15)10-7-14-11-5-4-8(2)6-9(10)11;1-3-2/h4-7,14H,3H2,1-2H3;3H,2H2,1H3. The fourth-order valence-corrected chi connectivity index (χ4v) is 1.73. The van der Waals surface area contributed by atoms with Crippen molar-refractivity contribution in [2.75, 3.05) is 13.7 Å². The number of hydrogen-bond donors (Lipinski definition) is 3. The molecule has 1 aromatic heterocycles. The van der Waals surface area contributed by atoms with Crippen LogP contribution in [-0.4, -0.2) is 30.4 Å². The number of aromatic amines is 1. The van der Waals surface area contributed by atoms with Crippen molar-refractivity contribution < 1.29 is 14.3 Å². The third-order valence-electron chi connectivity index (χ3n) is 2.54. The minimum absolute atomic E-state index is 0.200. The smallest absolute Gasteiger partial charge is 0.379 e. The highest BCUT2D eigenvalue weighted by atomic mass is 16.5. The van der Waals surface area contributed by atoms with Crippen LogP contribution in [0.3, 0.4) is 0 Å². The highest BCUT2D eigenvalue weighted by Crippen LogP contribution is 2.20. The van der Waals surface area contributed by atoms with Gasteiger partial charge in [0.05, 0.1) is 12.2 Å². The number of H-pyrrole nitrogens is 1. The lowest BCUT2D eigenvalue weighted by Gasteiger charge is -2.00. The number of aryl methyl sites for hydroxylation is 1. The number of nitrogens with one attached hydrogen (secondary N) is 2. The zero-order valence-electron chi connectivity index (χ0n) is 11.8. The molecule has 0 aliphatic carbocycles. The number of rotatable bonds is 3. The van der Waals surface area contributed by atoms with Crippen LogP contribution in [0.5, 0.6) is 0 Å². The minimum atomic E-state index is -0.810. The van der Waals surface area contributed by atoms with E-state index in [-0.39, 0.29) is 6.61 Å². The van der Waals surface area contributed by atoms with E-state index in [1.807, 2.05) is 25.1 Å². The van der Waals surface area contributed by atoms with E-state index in [2.05, 4.69) is 16.3 Å². The van der Waals surface area contributed by atoms with Crippen LogP contribution in [0.4, 0.5) is 0 Å². The second kappa shape index (κ2) is 7.42. The summed E-state index contributed by atoms with van der Waals surface area (Å²) in [5.41, 5.74) is 4.49. The molecule has 0 atom stereocenters. The predicted octanol–water partition coefficient (Wildman–Crippen LogP) is 1.30. The van der Waals surface area contributed by atoms with E-state index in [9.17, 15) is 9.59 Å². The molecule has 0 fully saturated rings. The first kappa shape index (κ1) is 15.9.